The van der Waals surface area contributed by atoms with Gasteiger partial charge in [0.25, 0.3) is 5.91 Å². The largest absolute Gasteiger partial charge is 0.350 e. The fourth-order valence-electron chi connectivity index (χ4n) is 4.34. The van der Waals surface area contributed by atoms with Crippen molar-refractivity contribution in [2.24, 2.45) is 0 Å². The van der Waals surface area contributed by atoms with Crippen LogP contribution in [-0.4, -0.2) is 41.4 Å². The summed E-state index contributed by atoms with van der Waals surface area (Å²) in [6.07, 6.45) is 4.85. The van der Waals surface area contributed by atoms with Crippen molar-refractivity contribution in [3.05, 3.63) is 72.2 Å². The van der Waals surface area contributed by atoms with Crippen LogP contribution < -0.4 is 10.2 Å². The van der Waals surface area contributed by atoms with Gasteiger partial charge in [-0.1, -0.05) is 30.3 Å². The van der Waals surface area contributed by atoms with E-state index in [0.29, 0.717) is 29.5 Å². The number of nitrogens with one attached hydrogen (secondary N) is 2. The summed E-state index contributed by atoms with van der Waals surface area (Å²) < 4.78 is 15.9. The van der Waals surface area contributed by atoms with E-state index in [1.807, 2.05) is 30.3 Å². The summed E-state index contributed by atoms with van der Waals surface area (Å²) in [6.45, 7) is 5.22. The van der Waals surface area contributed by atoms with Gasteiger partial charge in [-0.05, 0) is 56.5 Å². The lowest BCUT2D eigenvalue weighted by Crippen LogP contribution is -3.16. The number of quaternary nitrogens is 1. The molecule has 2 aromatic carbocycles. The average Bonchev–Trinajstić information content (AvgIpc) is 3.24. The molecular formula is C25H30FN4O+. The quantitative estimate of drug-likeness (QED) is 0.576. The molecule has 1 amide bonds. The molecule has 0 radical (unpaired) electrons. The standard InChI is InChI=1S/C25H29FN4O/c1-19-10-7-8-16-29(19)17-9-15-27-25(31)24-18-23(21-13-5-6-14-22(21)26)28-30(24)20-11-3-2-4-12-20/h2-6,11-14,18-19H,7-10,15-17H2,1H3,(H,27,31)/p+1/t19-/m1/s1. The Balaban J connectivity index is 1.49. The van der Waals surface area contributed by atoms with Crippen LogP contribution in [-0.2, 0) is 0 Å². The zero-order valence-electron chi connectivity index (χ0n) is 18.0. The number of benzene rings is 2. The van der Waals surface area contributed by atoms with Gasteiger partial charge in [-0.25, -0.2) is 9.07 Å². The van der Waals surface area contributed by atoms with Gasteiger partial charge >= 0.3 is 0 Å². The van der Waals surface area contributed by atoms with Crippen LogP contribution in [0, 0.1) is 5.82 Å². The molecule has 1 aromatic heterocycles. The summed E-state index contributed by atoms with van der Waals surface area (Å²) in [5, 5.41) is 7.59. The van der Waals surface area contributed by atoms with Gasteiger partial charge in [-0.15, -0.1) is 0 Å². The number of nitrogens with zero attached hydrogens (tertiary/aromatic N) is 2. The first-order valence-corrected chi connectivity index (χ1v) is 11.2. The van der Waals surface area contributed by atoms with Crippen molar-refractivity contribution >= 4 is 5.91 Å². The van der Waals surface area contributed by atoms with Crippen molar-refractivity contribution in [2.75, 3.05) is 19.6 Å². The Morgan fingerprint density at radius 2 is 1.94 bits per heavy atom. The highest BCUT2D eigenvalue weighted by atomic mass is 19.1. The number of halogens is 1. The summed E-state index contributed by atoms with van der Waals surface area (Å²) in [6, 6.07) is 18.3. The molecule has 31 heavy (non-hydrogen) atoms. The van der Waals surface area contributed by atoms with E-state index in [1.165, 1.54) is 31.9 Å². The van der Waals surface area contributed by atoms with Gasteiger partial charge in [0.1, 0.15) is 11.5 Å². The number of amides is 1. The van der Waals surface area contributed by atoms with Gasteiger partial charge in [0.2, 0.25) is 0 Å². The van der Waals surface area contributed by atoms with E-state index in [1.54, 1.807) is 33.8 Å². The molecule has 4 rings (SSSR count). The van der Waals surface area contributed by atoms with E-state index < -0.39 is 0 Å². The van der Waals surface area contributed by atoms with Crippen LogP contribution in [0.3, 0.4) is 0 Å². The number of piperidine rings is 1. The fraction of sp³-hybridized carbons (Fsp3) is 0.360. The molecule has 1 fully saturated rings. The third-order valence-corrected chi connectivity index (χ3v) is 6.13. The zero-order valence-corrected chi connectivity index (χ0v) is 18.0. The molecule has 1 aliphatic rings. The summed E-state index contributed by atoms with van der Waals surface area (Å²) in [7, 11) is 0. The maximum absolute atomic E-state index is 14.3. The van der Waals surface area contributed by atoms with Crippen LogP contribution >= 0.6 is 0 Å². The molecule has 0 saturated carbocycles. The average molecular weight is 422 g/mol. The number of carbonyl (C=O) groups is 1. The van der Waals surface area contributed by atoms with E-state index in [2.05, 4.69) is 17.3 Å². The maximum Gasteiger partial charge on any atom is 0.270 e. The van der Waals surface area contributed by atoms with Gasteiger partial charge in [0.15, 0.2) is 0 Å². The predicted octanol–water partition coefficient (Wildman–Crippen LogP) is 3.26. The Morgan fingerprint density at radius 1 is 1.16 bits per heavy atom. The minimum atomic E-state index is -0.356. The molecule has 0 spiro atoms. The molecule has 2 heterocycles. The van der Waals surface area contributed by atoms with Gasteiger partial charge in [-0.3, -0.25) is 4.79 Å². The van der Waals surface area contributed by atoms with Crippen LogP contribution in [0.2, 0.25) is 0 Å². The van der Waals surface area contributed by atoms with Gasteiger partial charge < -0.3 is 10.2 Å². The highest BCUT2D eigenvalue weighted by molar-refractivity contribution is 5.94. The van der Waals surface area contributed by atoms with E-state index in [4.69, 9.17) is 0 Å². The lowest BCUT2D eigenvalue weighted by Gasteiger charge is -2.30. The van der Waals surface area contributed by atoms with Crippen molar-refractivity contribution in [1.82, 2.24) is 15.1 Å². The van der Waals surface area contributed by atoms with Gasteiger partial charge in [0.05, 0.1) is 30.5 Å². The molecule has 3 aromatic rings. The van der Waals surface area contributed by atoms with Crippen molar-refractivity contribution in [3.8, 4) is 16.9 Å². The van der Waals surface area contributed by atoms with Gasteiger partial charge in [-0.2, -0.15) is 5.10 Å². The van der Waals surface area contributed by atoms with Crippen molar-refractivity contribution in [3.63, 3.8) is 0 Å². The van der Waals surface area contributed by atoms with Crippen LogP contribution in [0.15, 0.2) is 60.7 Å². The summed E-state index contributed by atoms with van der Waals surface area (Å²) in [4.78, 5) is 14.6. The third-order valence-electron chi connectivity index (χ3n) is 6.13. The zero-order chi connectivity index (χ0) is 21.6. The van der Waals surface area contributed by atoms with E-state index in [9.17, 15) is 9.18 Å². The second-order valence-corrected chi connectivity index (χ2v) is 8.31. The maximum atomic E-state index is 14.3. The number of hydrogen-bond donors (Lipinski definition) is 2. The molecule has 5 nitrogen and oxygen atoms in total. The van der Waals surface area contributed by atoms with Crippen molar-refractivity contribution < 1.29 is 14.1 Å². The minimum Gasteiger partial charge on any atom is -0.350 e. The van der Waals surface area contributed by atoms with Crippen LogP contribution in [0.1, 0.15) is 43.1 Å². The van der Waals surface area contributed by atoms with Crippen LogP contribution in [0.4, 0.5) is 4.39 Å². The van der Waals surface area contributed by atoms with E-state index >= 15 is 0 Å². The molecule has 1 saturated heterocycles. The normalized spacial score (nSPS) is 18.6. The highest BCUT2D eigenvalue weighted by Crippen LogP contribution is 2.24. The lowest BCUT2D eigenvalue weighted by molar-refractivity contribution is -0.928. The highest BCUT2D eigenvalue weighted by Gasteiger charge is 2.22. The monoisotopic (exact) mass is 421 g/mol. The second-order valence-electron chi connectivity index (χ2n) is 8.31. The second kappa shape index (κ2) is 9.88. The first kappa shape index (κ1) is 21.2. The molecule has 6 heteroatoms. The number of carbonyl (C=O) groups excluding carboxylic acids is 1. The third kappa shape index (κ3) is 5.02. The minimum absolute atomic E-state index is 0.194. The summed E-state index contributed by atoms with van der Waals surface area (Å²) in [5.74, 6) is -0.550. The molecule has 0 bridgehead atoms. The van der Waals surface area contributed by atoms with Gasteiger partial charge in [0, 0.05) is 18.5 Å². The number of hydrogen-bond acceptors (Lipinski definition) is 2. The molecule has 162 valence electrons. The Morgan fingerprint density at radius 3 is 2.71 bits per heavy atom. The smallest absolute Gasteiger partial charge is 0.270 e. The Labute approximate surface area is 182 Å². The number of aromatic nitrogens is 2. The molecule has 1 unspecified atom stereocenters. The van der Waals surface area contributed by atoms with E-state index in [-0.39, 0.29) is 11.7 Å². The Bertz CT molecular complexity index is 1020. The molecule has 0 aliphatic carbocycles. The number of likely N-dealkylation sites (tertiary alicyclic amines) is 1. The number of para-hydroxylation sites is 1. The summed E-state index contributed by atoms with van der Waals surface area (Å²) >= 11 is 0. The SMILES string of the molecule is C[C@@H]1CCCC[NH+]1CCCNC(=O)c1cc(-c2ccccc2F)nn1-c1ccccc1. The summed E-state index contributed by atoms with van der Waals surface area (Å²) in [5.41, 5.74) is 2.00. The molecule has 2 N–H and O–H groups in total. The van der Waals surface area contributed by atoms with E-state index in [0.717, 1.165) is 18.7 Å². The first-order valence-electron chi connectivity index (χ1n) is 11.2. The molecule has 1 aliphatic heterocycles. The number of rotatable bonds is 7. The topological polar surface area (TPSA) is 51.4 Å². The Kier molecular flexibility index (Phi) is 6.77. The van der Waals surface area contributed by atoms with Crippen molar-refractivity contribution in [1.29, 1.82) is 0 Å². The molecular weight excluding hydrogens is 391 g/mol. The van der Waals surface area contributed by atoms with Crippen molar-refractivity contribution in [2.45, 2.75) is 38.6 Å². The first-order chi connectivity index (χ1) is 15.1. The Hall–Kier alpha value is -2.99. The predicted molar refractivity (Wildman–Crippen MR) is 120 cm³/mol. The molecule has 2 atom stereocenters. The van der Waals surface area contributed by atoms with Crippen LogP contribution in [0.5, 0.6) is 0 Å². The fourth-order valence-corrected chi connectivity index (χ4v) is 4.34. The lowest BCUT2D eigenvalue weighted by atomic mass is 10.0. The van der Waals surface area contributed by atoms with Crippen LogP contribution in [0.25, 0.3) is 16.9 Å².